The number of carbonyl (C=O) groups excluding carboxylic acids is 1. The molecule has 3 N–H and O–H groups in total. The van der Waals surface area contributed by atoms with Gasteiger partial charge in [-0.3, -0.25) is 29.9 Å². The Morgan fingerprint density at radius 2 is 2.03 bits per heavy atom. The van der Waals surface area contributed by atoms with Crippen molar-refractivity contribution in [1.82, 2.24) is 19.2 Å². The Morgan fingerprint density at radius 3 is 2.73 bits per heavy atom. The van der Waals surface area contributed by atoms with Gasteiger partial charge in [0, 0.05) is 42.5 Å². The van der Waals surface area contributed by atoms with Crippen LogP contribution in [-0.2, 0) is 18.3 Å². The minimum Gasteiger partial charge on any atom is -0.513 e. The molecule has 0 unspecified atom stereocenters. The van der Waals surface area contributed by atoms with Gasteiger partial charge >= 0.3 is 0 Å². The molecular formula is C22H20FN7O2S. The van der Waals surface area contributed by atoms with Crippen molar-refractivity contribution < 1.29 is 14.3 Å². The first-order chi connectivity index (χ1) is 15.8. The molecule has 0 radical (unpaired) electrons. The lowest BCUT2D eigenvalue weighted by atomic mass is 10.1. The van der Waals surface area contributed by atoms with Gasteiger partial charge in [-0.1, -0.05) is 11.8 Å². The van der Waals surface area contributed by atoms with E-state index in [0.717, 1.165) is 22.6 Å². The largest absolute Gasteiger partial charge is 0.513 e. The van der Waals surface area contributed by atoms with Gasteiger partial charge in [-0.2, -0.15) is 5.10 Å². The Hall–Kier alpha value is -3.99. The Bertz CT molecular complexity index is 1390. The molecule has 1 aliphatic heterocycles. The number of halogens is 1. The van der Waals surface area contributed by atoms with Crippen molar-refractivity contribution in [1.29, 1.82) is 10.8 Å². The van der Waals surface area contributed by atoms with Crippen LogP contribution >= 0.6 is 11.8 Å². The van der Waals surface area contributed by atoms with Crippen LogP contribution in [0.15, 0.2) is 64.7 Å². The fourth-order valence-electron chi connectivity index (χ4n) is 3.27. The van der Waals surface area contributed by atoms with Crippen LogP contribution in [0.3, 0.4) is 0 Å². The van der Waals surface area contributed by atoms with Gasteiger partial charge in [0.05, 0.1) is 30.2 Å². The molecule has 33 heavy (non-hydrogen) atoms. The third-order valence-electron chi connectivity index (χ3n) is 5.11. The third-order valence-corrected chi connectivity index (χ3v) is 5.99. The van der Waals surface area contributed by atoms with Crippen molar-refractivity contribution in [2.75, 3.05) is 7.05 Å². The third kappa shape index (κ3) is 4.48. The number of aliphatic imine (C=N–C) groups is 1. The summed E-state index contributed by atoms with van der Waals surface area (Å²) in [6.07, 6.45) is 7.12. The second kappa shape index (κ2) is 8.87. The van der Waals surface area contributed by atoms with E-state index in [1.165, 1.54) is 23.4 Å². The fraction of sp³-hybridized carbons (Fsp3) is 0.136. The molecule has 1 amide bonds. The van der Waals surface area contributed by atoms with Crippen LogP contribution in [0.5, 0.6) is 0 Å². The first-order valence-electron chi connectivity index (χ1n) is 9.77. The molecule has 168 valence electrons. The quantitative estimate of drug-likeness (QED) is 0.233. The number of carbonyl (C=O) groups is 1. The lowest BCUT2D eigenvalue weighted by Gasteiger charge is -2.20. The van der Waals surface area contributed by atoms with E-state index in [9.17, 15) is 14.3 Å². The number of hydrogen-bond donors (Lipinski definition) is 3. The van der Waals surface area contributed by atoms with Crippen molar-refractivity contribution in [2.45, 2.75) is 11.3 Å². The van der Waals surface area contributed by atoms with E-state index < -0.39 is 11.3 Å². The summed E-state index contributed by atoms with van der Waals surface area (Å²) in [5, 5.41) is 29.9. The summed E-state index contributed by atoms with van der Waals surface area (Å²) < 4.78 is 17.2. The number of nitrogens with one attached hydrogen (secondary N) is 2. The van der Waals surface area contributed by atoms with E-state index in [4.69, 9.17) is 10.8 Å². The normalized spacial score (nSPS) is 15.8. The number of thioether (sulfide) groups is 1. The van der Waals surface area contributed by atoms with E-state index in [-0.39, 0.29) is 23.2 Å². The molecule has 1 aromatic carbocycles. The Balaban J connectivity index is 1.65. The maximum atomic E-state index is 14.5. The summed E-state index contributed by atoms with van der Waals surface area (Å²) in [5.74, 6) is -0.982. The van der Waals surface area contributed by atoms with Gasteiger partial charge in [0.25, 0.3) is 0 Å². The van der Waals surface area contributed by atoms with Crippen molar-refractivity contribution >= 4 is 34.7 Å². The molecule has 0 bridgehead atoms. The van der Waals surface area contributed by atoms with Gasteiger partial charge in [0.2, 0.25) is 5.91 Å². The number of nitrogens with zero attached hydrogens (tertiary/aromatic N) is 5. The second-order valence-electron chi connectivity index (χ2n) is 7.34. The number of benzene rings is 1. The summed E-state index contributed by atoms with van der Waals surface area (Å²) in [6.45, 7) is 0. The molecule has 3 heterocycles. The van der Waals surface area contributed by atoms with Gasteiger partial charge in [-0.15, -0.1) is 0 Å². The molecule has 3 aromatic rings. The summed E-state index contributed by atoms with van der Waals surface area (Å²) in [7, 11) is 3.30. The Morgan fingerprint density at radius 1 is 1.24 bits per heavy atom. The molecule has 0 saturated carbocycles. The van der Waals surface area contributed by atoms with Gasteiger partial charge < -0.3 is 10.0 Å². The SMILES string of the molecule is CN1C(=O)Cc2cc(SC(=N)n3cc(-c4cnn(C)c4)cc(F)c3=N)ccc2/N=C\C1=C\O. The van der Waals surface area contributed by atoms with E-state index >= 15 is 0 Å². The molecule has 11 heteroatoms. The number of aliphatic hydroxyl groups is 1. The van der Waals surface area contributed by atoms with Crippen LogP contribution in [0, 0.1) is 16.6 Å². The zero-order valence-electron chi connectivity index (χ0n) is 17.8. The Kier molecular flexibility index (Phi) is 5.97. The number of likely N-dealkylation sites (N-methyl/N-ethyl adjacent to an activating group) is 1. The molecule has 0 spiro atoms. The first kappa shape index (κ1) is 22.2. The fourth-order valence-corrected chi connectivity index (χ4v) is 4.07. The molecule has 0 aliphatic carbocycles. The number of hydrogen-bond acceptors (Lipinski definition) is 7. The maximum absolute atomic E-state index is 14.5. The summed E-state index contributed by atoms with van der Waals surface area (Å²) in [5.41, 5.74) is 2.24. The van der Waals surface area contributed by atoms with Gasteiger partial charge in [-0.25, -0.2) is 4.39 Å². The van der Waals surface area contributed by atoms with Crippen LogP contribution < -0.4 is 5.49 Å². The van der Waals surface area contributed by atoms with Gasteiger partial charge in [0.1, 0.15) is 6.26 Å². The zero-order valence-corrected chi connectivity index (χ0v) is 18.6. The van der Waals surface area contributed by atoms with Crippen molar-refractivity contribution in [3.8, 4) is 11.1 Å². The average Bonchev–Trinajstić information content (AvgIpc) is 3.22. The predicted molar refractivity (Wildman–Crippen MR) is 123 cm³/mol. The van der Waals surface area contributed by atoms with Gasteiger partial charge in [0.15, 0.2) is 16.5 Å². The van der Waals surface area contributed by atoms with Crippen LogP contribution in [0.2, 0.25) is 0 Å². The van der Waals surface area contributed by atoms with Crippen LogP contribution in [0.4, 0.5) is 10.1 Å². The molecular weight excluding hydrogens is 445 g/mol. The lowest BCUT2D eigenvalue weighted by molar-refractivity contribution is -0.127. The topological polar surface area (TPSA) is 123 Å². The molecule has 4 rings (SSSR count). The van der Waals surface area contributed by atoms with Crippen molar-refractivity contribution in [2.24, 2.45) is 12.0 Å². The van der Waals surface area contributed by atoms with Crippen molar-refractivity contribution in [3.05, 3.63) is 71.7 Å². The molecule has 9 nitrogen and oxygen atoms in total. The highest BCUT2D eigenvalue weighted by atomic mass is 32.2. The zero-order chi connectivity index (χ0) is 23.7. The minimum atomic E-state index is -0.754. The summed E-state index contributed by atoms with van der Waals surface area (Å²) in [4.78, 5) is 18.8. The van der Waals surface area contributed by atoms with Crippen molar-refractivity contribution in [3.63, 3.8) is 0 Å². The Labute approximate surface area is 192 Å². The molecule has 0 fully saturated rings. The number of fused-ring (bicyclic) bond motifs is 1. The monoisotopic (exact) mass is 465 g/mol. The van der Waals surface area contributed by atoms with Crippen LogP contribution in [0.25, 0.3) is 11.1 Å². The molecule has 0 atom stereocenters. The smallest absolute Gasteiger partial charge is 0.231 e. The highest BCUT2D eigenvalue weighted by Gasteiger charge is 2.19. The number of aliphatic hydroxyl groups excluding tert-OH is 1. The van der Waals surface area contributed by atoms with E-state index in [2.05, 4.69) is 10.1 Å². The number of allylic oxidation sites excluding steroid dienone is 1. The molecule has 1 aliphatic rings. The van der Waals surface area contributed by atoms with Gasteiger partial charge in [-0.05, 0) is 29.8 Å². The second-order valence-corrected chi connectivity index (χ2v) is 8.40. The highest BCUT2D eigenvalue weighted by molar-refractivity contribution is 8.13. The van der Waals surface area contributed by atoms with E-state index in [1.54, 1.807) is 49.4 Å². The standard InChI is InChI=1S/C22H20FN7O2S/c1-28-10-15(8-27-28)14-6-18(23)21(24)30(11-14)22(25)33-17-3-4-19-13(5-17)7-20(32)29(2)16(12-31)9-26-19/h3-6,8-12,24-25,31H,7H2,1-2H3/b16-12-,24-21?,25-22?,26-9-. The number of aromatic nitrogens is 3. The lowest BCUT2D eigenvalue weighted by Crippen LogP contribution is -2.29. The maximum Gasteiger partial charge on any atom is 0.231 e. The first-order valence-corrected chi connectivity index (χ1v) is 10.6. The number of pyridine rings is 1. The number of amides is 1. The average molecular weight is 466 g/mol. The highest BCUT2D eigenvalue weighted by Crippen LogP contribution is 2.29. The predicted octanol–water partition coefficient (Wildman–Crippen LogP) is 3.20. The minimum absolute atomic E-state index is 0.0597. The number of aryl methyl sites for hydroxylation is 1. The number of rotatable bonds is 2. The summed E-state index contributed by atoms with van der Waals surface area (Å²) in [6, 6.07) is 6.44. The van der Waals surface area contributed by atoms with E-state index in [0.29, 0.717) is 27.3 Å². The summed E-state index contributed by atoms with van der Waals surface area (Å²) >= 11 is 1.03. The molecule has 0 saturated heterocycles. The van der Waals surface area contributed by atoms with E-state index in [1.807, 2.05) is 0 Å². The molecule has 2 aromatic heterocycles. The van der Waals surface area contributed by atoms with Crippen LogP contribution in [0.1, 0.15) is 5.56 Å². The van der Waals surface area contributed by atoms with Crippen LogP contribution in [-0.4, -0.2) is 48.7 Å².